The van der Waals surface area contributed by atoms with Crippen LogP contribution >= 0.6 is 11.3 Å². The Labute approximate surface area is 228 Å². The van der Waals surface area contributed by atoms with Gasteiger partial charge in [0.15, 0.2) is 5.60 Å². The van der Waals surface area contributed by atoms with Crippen molar-refractivity contribution in [1.82, 2.24) is 24.5 Å². The van der Waals surface area contributed by atoms with Crippen molar-refractivity contribution in [3.05, 3.63) is 30.1 Å². The van der Waals surface area contributed by atoms with Crippen LogP contribution in [0.1, 0.15) is 26.3 Å². The molecule has 11 nitrogen and oxygen atoms in total. The summed E-state index contributed by atoms with van der Waals surface area (Å²) < 4.78 is 68.1. The number of carbonyl (C=O) groups excluding carboxylic acids is 1. The van der Waals surface area contributed by atoms with Crippen molar-refractivity contribution in [3.8, 4) is 0 Å². The lowest BCUT2D eigenvalue weighted by Crippen LogP contribution is -2.64. The molecule has 0 saturated carbocycles. The lowest BCUT2D eigenvalue weighted by molar-refractivity contribution is -0.259. The predicted molar refractivity (Wildman–Crippen MR) is 139 cm³/mol. The van der Waals surface area contributed by atoms with Gasteiger partial charge in [-0.3, -0.25) is 9.69 Å². The Morgan fingerprint density at radius 1 is 1.21 bits per heavy atom. The van der Waals surface area contributed by atoms with Crippen molar-refractivity contribution in [2.75, 3.05) is 49.9 Å². The van der Waals surface area contributed by atoms with E-state index in [2.05, 4.69) is 15.3 Å². The Hall–Kier alpha value is -2.53. The van der Waals surface area contributed by atoms with Crippen molar-refractivity contribution in [1.29, 1.82) is 0 Å². The number of aliphatic hydroxyl groups is 1. The van der Waals surface area contributed by atoms with E-state index in [1.807, 2.05) is 18.7 Å². The van der Waals surface area contributed by atoms with Crippen LogP contribution in [0.2, 0.25) is 0 Å². The highest BCUT2D eigenvalue weighted by molar-refractivity contribution is 7.91. The predicted octanol–water partition coefficient (Wildman–Crippen LogP) is 1.23. The maximum Gasteiger partial charge on any atom is 0.421 e. The highest BCUT2D eigenvalue weighted by Crippen LogP contribution is 2.38. The Balaban J connectivity index is 1.65. The average molecular weight is 592 g/mol. The number of hydrogen-bond donors (Lipinski definition) is 3. The first kappa shape index (κ1) is 29.5. The van der Waals surface area contributed by atoms with E-state index in [4.69, 9.17) is 5.73 Å². The maximum absolute atomic E-state index is 13.4. The normalized spacial score (nSPS) is 23.6. The molecule has 2 aliphatic rings. The third-order valence-corrected chi connectivity index (χ3v) is 10.3. The number of anilines is 2. The van der Waals surface area contributed by atoms with Crippen molar-refractivity contribution in [3.63, 3.8) is 0 Å². The summed E-state index contributed by atoms with van der Waals surface area (Å²) in [6, 6.07) is 2.02. The summed E-state index contributed by atoms with van der Waals surface area (Å²) in [6.07, 6.45) is -3.07. The average Bonchev–Trinajstić information content (AvgIpc) is 3.30. The number of piperazine rings is 2. The third-order valence-electron chi connectivity index (χ3n) is 7.09. The second-order valence-electron chi connectivity index (χ2n) is 10.2. The zero-order valence-corrected chi connectivity index (χ0v) is 23.4. The minimum Gasteiger partial charge on any atom is -0.391 e. The standard InChI is InChI=1S/C23H32F3N7O4S2/c1-14(2)19-20(34)28-6-7-31(19)12-16-13-32(39(36,37)18-5-4-17(27)38-18)8-9-33(16)21-29-10-15(11-30-21)22(3,35)23(24,25)26/h4-5,10-11,14,16,19,35H,6-9,12-13,27H2,1-3H3,(H,28,34)/t16-,19?,22?/m0/s1. The van der Waals surface area contributed by atoms with Gasteiger partial charge in [0, 0.05) is 57.2 Å². The van der Waals surface area contributed by atoms with Gasteiger partial charge in [-0.15, -0.1) is 11.3 Å². The fraction of sp³-hybridized carbons (Fsp3) is 0.609. The van der Waals surface area contributed by atoms with Gasteiger partial charge in [-0.05, 0) is 25.0 Å². The lowest BCUT2D eigenvalue weighted by atomic mass is 9.98. The fourth-order valence-electron chi connectivity index (χ4n) is 4.88. The number of hydrogen-bond acceptors (Lipinski definition) is 10. The molecule has 0 radical (unpaired) electrons. The monoisotopic (exact) mass is 591 g/mol. The van der Waals surface area contributed by atoms with Gasteiger partial charge in [0.05, 0.1) is 17.1 Å². The molecule has 0 aromatic carbocycles. The topological polar surface area (TPSA) is 145 Å². The summed E-state index contributed by atoms with van der Waals surface area (Å²) in [5.41, 5.74) is 2.11. The fourth-order valence-corrected chi connectivity index (χ4v) is 7.60. The first-order valence-electron chi connectivity index (χ1n) is 12.4. The molecule has 216 valence electrons. The van der Waals surface area contributed by atoms with Crippen LogP contribution in [0.5, 0.6) is 0 Å². The number of nitrogens with zero attached hydrogens (tertiary/aromatic N) is 5. The van der Waals surface area contributed by atoms with E-state index in [0.717, 1.165) is 23.7 Å². The molecule has 0 spiro atoms. The van der Waals surface area contributed by atoms with E-state index in [1.54, 1.807) is 4.90 Å². The van der Waals surface area contributed by atoms with Crippen LogP contribution in [0.3, 0.4) is 0 Å². The number of alkyl halides is 3. The van der Waals surface area contributed by atoms with E-state index in [0.29, 0.717) is 31.6 Å². The van der Waals surface area contributed by atoms with E-state index < -0.39 is 39.4 Å². The van der Waals surface area contributed by atoms with Gasteiger partial charge in [-0.25, -0.2) is 18.4 Å². The number of halogens is 3. The molecule has 0 bridgehead atoms. The first-order valence-corrected chi connectivity index (χ1v) is 14.6. The first-order chi connectivity index (χ1) is 18.1. The highest BCUT2D eigenvalue weighted by atomic mass is 32.2. The Bertz CT molecular complexity index is 1290. The molecular formula is C23H32F3N7O4S2. The molecule has 4 rings (SSSR count). The molecule has 2 aromatic heterocycles. The zero-order chi connectivity index (χ0) is 28.8. The summed E-state index contributed by atoms with van der Waals surface area (Å²) in [5.74, 6) is -0.0368. The number of nitrogens with two attached hydrogens (primary N) is 1. The summed E-state index contributed by atoms with van der Waals surface area (Å²) in [5, 5.41) is 13.2. The number of sulfonamides is 1. The van der Waals surface area contributed by atoms with Crippen molar-refractivity contribution in [2.24, 2.45) is 5.92 Å². The molecule has 2 aromatic rings. The zero-order valence-electron chi connectivity index (χ0n) is 21.7. The largest absolute Gasteiger partial charge is 0.421 e. The van der Waals surface area contributed by atoms with Gasteiger partial charge in [-0.2, -0.15) is 17.5 Å². The van der Waals surface area contributed by atoms with Crippen LogP contribution in [0.25, 0.3) is 0 Å². The molecule has 2 fully saturated rings. The van der Waals surface area contributed by atoms with Gasteiger partial charge >= 0.3 is 6.18 Å². The van der Waals surface area contributed by atoms with E-state index >= 15 is 0 Å². The van der Waals surface area contributed by atoms with E-state index in [-0.39, 0.29) is 41.6 Å². The number of rotatable bonds is 7. The molecule has 1 amide bonds. The maximum atomic E-state index is 13.4. The van der Waals surface area contributed by atoms with Gasteiger partial charge in [0.2, 0.25) is 11.9 Å². The smallest absolute Gasteiger partial charge is 0.391 e. The van der Waals surface area contributed by atoms with E-state index in [1.165, 1.54) is 16.4 Å². The molecular weight excluding hydrogens is 559 g/mol. The number of nitrogens with one attached hydrogen (secondary N) is 1. The lowest BCUT2D eigenvalue weighted by Gasteiger charge is -2.45. The number of aromatic nitrogens is 2. The summed E-state index contributed by atoms with van der Waals surface area (Å²) >= 11 is 0.964. The number of thiophene rings is 1. The minimum absolute atomic E-state index is 0.0172. The van der Waals surface area contributed by atoms with Crippen molar-refractivity contribution >= 4 is 38.2 Å². The number of carbonyl (C=O) groups is 1. The second kappa shape index (κ2) is 10.8. The van der Waals surface area contributed by atoms with Gasteiger partial charge < -0.3 is 21.1 Å². The molecule has 4 heterocycles. The van der Waals surface area contributed by atoms with Crippen LogP contribution in [0.15, 0.2) is 28.7 Å². The van der Waals surface area contributed by atoms with Crippen molar-refractivity contribution in [2.45, 2.75) is 48.8 Å². The molecule has 0 aliphatic carbocycles. The number of amides is 1. The van der Waals surface area contributed by atoms with Crippen LogP contribution in [-0.4, -0.2) is 96.1 Å². The third kappa shape index (κ3) is 5.84. The minimum atomic E-state index is -4.92. The van der Waals surface area contributed by atoms with Gasteiger partial charge in [-0.1, -0.05) is 13.8 Å². The molecule has 2 unspecified atom stereocenters. The van der Waals surface area contributed by atoms with Crippen molar-refractivity contribution < 1.29 is 31.5 Å². The van der Waals surface area contributed by atoms with Crippen LogP contribution in [0.4, 0.5) is 24.1 Å². The van der Waals surface area contributed by atoms with Crippen LogP contribution < -0.4 is 16.0 Å². The SMILES string of the molecule is CC(C)C1C(=O)NCCN1C[C@H]1CN(S(=O)(=O)c2ccc(N)s2)CCN1c1ncc(C(C)(O)C(F)(F)F)cn1. The molecule has 2 saturated heterocycles. The Morgan fingerprint density at radius 3 is 2.44 bits per heavy atom. The quantitative estimate of drug-likeness (QED) is 0.433. The molecule has 2 aliphatic heterocycles. The summed E-state index contributed by atoms with van der Waals surface area (Å²) in [6.45, 7) is 6.02. The second-order valence-corrected chi connectivity index (χ2v) is 13.5. The van der Waals surface area contributed by atoms with Crippen LogP contribution in [0, 0.1) is 5.92 Å². The van der Waals surface area contributed by atoms with E-state index in [9.17, 15) is 31.5 Å². The Kier molecular flexibility index (Phi) is 8.16. The Morgan fingerprint density at radius 2 is 1.87 bits per heavy atom. The summed E-state index contributed by atoms with van der Waals surface area (Å²) in [7, 11) is -3.86. The van der Waals surface area contributed by atoms with Gasteiger partial charge in [0.1, 0.15) is 4.21 Å². The highest BCUT2D eigenvalue weighted by Gasteiger charge is 2.51. The van der Waals surface area contributed by atoms with Crippen LogP contribution in [-0.2, 0) is 20.4 Å². The number of nitrogen functional groups attached to an aromatic ring is 1. The van der Waals surface area contributed by atoms with Gasteiger partial charge in [0.25, 0.3) is 10.0 Å². The summed E-state index contributed by atoms with van der Waals surface area (Å²) in [4.78, 5) is 24.6. The molecule has 16 heteroatoms. The molecule has 4 N–H and O–H groups in total. The molecule has 39 heavy (non-hydrogen) atoms. The molecule has 3 atom stereocenters.